The van der Waals surface area contributed by atoms with E-state index < -0.39 is 11.7 Å². The Morgan fingerprint density at radius 3 is 2.62 bits per heavy atom. The monoisotopic (exact) mass is 193 g/mol. The van der Waals surface area contributed by atoms with Gasteiger partial charge in [-0.15, -0.1) is 0 Å². The maximum atomic E-state index is 12.3. The zero-order valence-corrected chi connectivity index (χ0v) is 7.10. The Morgan fingerprint density at radius 1 is 1.54 bits per heavy atom. The van der Waals surface area contributed by atoms with Crippen LogP contribution in [0.15, 0.2) is 6.20 Å². The second-order valence-corrected chi connectivity index (χ2v) is 2.66. The summed E-state index contributed by atoms with van der Waals surface area (Å²) >= 11 is 0. The van der Waals surface area contributed by atoms with Gasteiger partial charge in [0.15, 0.2) is 0 Å². The van der Waals surface area contributed by atoms with Crippen LogP contribution < -0.4 is 5.73 Å². The minimum absolute atomic E-state index is 0.134. The lowest BCUT2D eigenvalue weighted by Gasteiger charge is -2.07. The van der Waals surface area contributed by atoms with Crippen LogP contribution in [0.4, 0.5) is 13.2 Å². The van der Waals surface area contributed by atoms with Gasteiger partial charge in [0.2, 0.25) is 0 Å². The molecule has 0 radical (unpaired) electrons. The highest BCUT2D eigenvalue weighted by Crippen LogP contribution is 2.31. The fourth-order valence-corrected chi connectivity index (χ4v) is 1.13. The first-order chi connectivity index (χ1) is 5.96. The van der Waals surface area contributed by atoms with E-state index in [9.17, 15) is 13.2 Å². The van der Waals surface area contributed by atoms with Crippen LogP contribution in [-0.4, -0.2) is 16.3 Å². The van der Waals surface area contributed by atoms with E-state index in [-0.39, 0.29) is 18.7 Å². The predicted molar refractivity (Wildman–Crippen MR) is 41.0 cm³/mol. The van der Waals surface area contributed by atoms with E-state index in [2.05, 4.69) is 5.10 Å². The molecule has 6 heteroatoms. The third-order valence-corrected chi connectivity index (χ3v) is 1.75. The fraction of sp³-hybridized carbons (Fsp3) is 0.571. The van der Waals surface area contributed by atoms with Crippen LogP contribution in [-0.2, 0) is 19.6 Å². The Hall–Kier alpha value is -1.04. The third kappa shape index (κ3) is 2.00. The van der Waals surface area contributed by atoms with E-state index in [0.29, 0.717) is 0 Å². The largest absolute Gasteiger partial charge is 0.419 e. The molecule has 2 N–H and O–H groups in total. The number of alkyl halides is 3. The SMILES string of the molecule is Cn1ncc(C(F)(F)F)c1CCN. The molecule has 1 aromatic rings. The first-order valence-electron chi connectivity index (χ1n) is 3.75. The molecule has 13 heavy (non-hydrogen) atoms. The average Bonchev–Trinajstić information content (AvgIpc) is 2.32. The van der Waals surface area contributed by atoms with Crippen molar-refractivity contribution in [2.75, 3.05) is 6.54 Å². The van der Waals surface area contributed by atoms with E-state index in [4.69, 9.17) is 5.73 Å². The molecule has 0 bridgehead atoms. The third-order valence-electron chi connectivity index (χ3n) is 1.75. The molecule has 0 aliphatic heterocycles. The Morgan fingerprint density at radius 2 is 2.15 bits per heavy atom. The van der Waals surface area contributed by atoms with E-state index in [1.54, 1.807) is 0 Å². The van der Waals surface area contributed by atoms with Crippen molar-refractivity contribution in [1.29, 1.82) is 0 Å². The Kier molecular flexibility index (Phi) is 2.60. The normalized spacial score (nSPS) is 12.1. The predicted octanol–water partition coefficient (Wildman–Crippen LogP) is 0.940. The van der Waals surface area contributed by atoms with Crippen molar-refractivity contribution in [1.82, 2.24) is 9.78 Å². The molecular formula is C7H10F3N3. The molecule has 74 valence electrons. The quantitative estimate of drug-likeness (QED) is 0.759. The van der Waals surface area contributed by atoms with Gasteiger partial charge in [-0.2, -0.15) is 18.3 Å². The molecule has 0 fully saturated rings. The van der Waals surface area contributed by atoms with Crippen molar-refractivity contribution in [3.8, 4) is 0 Å². The van der Waals surface area contributed by atoms with Crippen molar-refractivity contribution in [3.63, 3.8) is 0 Å². The van der Waals surface area contributed by atoms with Gasteiger partial charge in [-0.3, -0.25) is 4.68 Å². The van der Waals surface area contributed by atoms with Gasteiger partial charge in [-0.05, 0) is 6.54 Å². The second-order valence-electron chi connectivity index (χ2n) is 2.66. The van der Waals surface area contributed by atoms with Gasteiger partial charge in [0, 0.05) is 13.5 Å². The Labute approximate surface area is 73.3 Å². The van der Waals surface area contributed by atoms with Gasteiger partial charge < -0.3 is 5.73 Å². The van der Waals surface area contributed by atoms with Crippen LogP contribution in [0.5, 0.6) is 0 Å². The van der Waals surface area contributed by atoms with Crippen molar-refractivity contribution in [3.05, 3.63) is 17.5 Å². The van der Waals surface area contributed by atoms with Gasteiger partial charge in [-0.25, -0.2) is 0 Å². The topological polar surface area (TPSA) is 43.8 Å². The maximum absolute atomic E-state index is 12.3. The smallest absolute Gasteiger partial charge is 0.330 e. The number of aromatic nitrogens is 2. The number of aryl methyl sites for hydroxylation is 1. The van der Waals surface area contributed by atoms with Crippen molar-refractivity contribution >= 4 is 0 Å². The van der Waals surface area contributed by atoms with Crippen LogP contribution in [0, 0.1) is 0 Å². The number of halogens is 3. The molecule has 0 aromatic carbocycles. The molecule has 0 unspecified atom stereocenters. The molecular weight excluding hydrogens is 183 g/mol. The molecule has 0 saturated heterocycles. The van der Waals surface area contributed by atoms with E-state index in [1.165, 1.54) is 11.7 Å². The summed E-state index contributed by atoms with van der Waals surface area (Å²) < 4.78 is 38.1. The zero-order valence-electron chi connectivity index (χ0n) is 7.10. The molecule has 0 aliphatic rings. The summed E-state index contributed by atoms with van der Waals surface area (Å²) in [6, 6.07) is 0. The van der Waals surface area contributed by atoms with Crippen molar-refractivity contribution < 1.29 is 13.2 Å². The molecule has 0 amide bonds. The first kappa shape index (κ1) is 10.0. The fourth-order valence-electron chi connectivity index (χ4n) is 1.13. The standard InChI is InChI=1S/C7H10F3N3/c1-13-6(2-3-11)5(4-12-13)7(8,9)10/h4H,2-3,11H2,1H3. The molecule has 0 aliphatic carbocycles. The molecule has 1 rings (SSSR count). The van der Waals surface area contributed by atoms with Crippen LogP contribution in [0.3, 0.4) is 0 Å². The molecule has 0 atom stereocenters. The number of hydrogen-bond acceptors (Lipinski definition) is 2. The van der Waals surface area contributed by atoms with Gasteiger partial charge in [-0.1, -0.05) is 0 Å². The van der Waals surface area contributed by atoms with E-state index >= 15 is 0 Å². The lowest BCUT2D eigenvalue weighted by molar-refractivity contribution is -0.138. The van der Waals surface area contributed by atoms with Crippen LogP contribution in [0.1, 0.15) is 11.3 Å². The Balaban J connectivity index is 3.07. The number of hydrogen-bond donors (Lipinski definition) is 1. The van der Waals surface area contributed by atoms with Gasteiger partial charge in [0.05, 0.1) is 17.5 Å². The highest BCUT2D eigenvalue weighted by molar-refractivity contribution is 5.21. The maximum Gasteiger partial charge on any atom is 0.419 e. The highest BCUT2D eigenvalue weighted by atomic mass is 19.4. The summed E-state index contributed by atoms with van der Waals surface area (Å²) in [4.78, 5) is 0. The van der Waals surface area contributed by atoms with E-state index in [1.807, 2.05) is 0 Å². The Bertz CT molecular complexity index is 290. The van der Waals surface area contributed by atoms with Crippen LogP contribution >= 0.6 is 0 Å². The van der Waals surface area contributed by atoms with Crippen molar-refractivity contribution in [2.24, 2.45) is 12.8 Å². The molecule has 0 saturated carbocycles. The van der Waals surface area contributed by atoms with Gasteiger partial charge in [0.1, 0.15) is 0 Å². The highest BCUT2D eigenvalue weighted by Gasteiger charge is 2.35. The minimum Gasteiger partial charge on any atom is -0.330 e. The summed E-state index contributed by atoms with van der Waals surface area (Å²) in [5.74, 6) is 0. The molecule has 1 heterocycles. The zero-order chi connectivity index (χ0) is 10.1. The lowest BCUT2D eigenvalue weighted by atomic mass is 10.2. The van der Waals surface area contributed by atoms with Gasteiger partial charge >= 0.3 is 6.18 Å². The summed E-state index contributed by atoms with van der Waals surface area (Å²) in [5.41, 5.74) is 4.63. The van der Waals surface area contributed by atoms with Gasteiger partial charge in [0.25, 0.3) is 0 Å². The van der Waals surface area contributed by atoms with Crippen LogP contribution in [0.2, 0.25) is 0 Å². The second kappa shape index (κ2) is 3.37. The molecule has 1 aromatic heterocycles. The van der Waals surface area contributed by atoms with Crippen molar-refractivity contribution in [2.45, 2.75) is 12.6 Å². The summed E-state index contributed by atoms with van der Waals surface area (Å²) in [6.45, 7) is 0.183. The first-order valence-corrected chi connectivity index (χ1v) is 3.75. The summed E-state index contributed by atoms with van der Waals surface area (Å²) in [7, 11) is 1.47. The van der Waals surface area contributed by atoms with Crippen LogP contribution in [0.25, 0.3) is 0 Å². The number of rotatable bonds is 2. The number of nitrogens with two attached hydrogens (primary N) is 1. The summed E-state index contributed by atoms with van der Waals surface area (Å²) in [6.07, 6.45) is -3.32. The minimum atomic E-state index is -4.33. The average molecular weight is 193 g/mol. The summed E-state index contributed by atoms with van der Waals surface area (Å²) in [5, 5.41) is 3.54. The number of nitrogens with zero attached hydrogens (tertiary/aromatic N) is 2. The molecule has 0 spiro atoms. The molecule has 3 nitrogen and oxygen atoms in total. The lowest BCUT2D eigenvalue weighted by Crippen LogP contribution is -2.13. The van der Waals surface area contributed by atoms with E-state index in [0.717, 1.165) is 6.20 Å².